The molecule has 0 bridgehead atoms. The fourth-order valence-corrected chi connectivity index (χ4v) is 4.18. The van der Waals surface area contributed by atoms with E-state index in [-0.39, 0.29) is 54.4 Å². The molecular weight excluding hydrogens is 608 g/mol. The molecule has 252 valence electrons. The van der Waals surface area contributed by atoms with E-state index in [9.17, 15) is 33.6 Å². The molecule has 19 heteroatoms. The Kier molecular flexibility index (Phi) is 14.0. The van der Waals surface area contributed by atoms with Crippen molar-refractivity contribution in [2.24, 2.45) is 11.7 Å². The molecule has 0 saturated heterocycles. The highest BCUT2D eigenvalue weighted by Crippen LogP contribution is 2.08. The van der Waals surface area contributed by atoms with E-state index in [2.05, 4.69) is 41.2 Å². The van der Waals surface area contributed by atoms with Crippen LogP contribution in [0.3, 0.4) is 0 Å². The van der Waals surface area contributed by atoms with Gasteiger partial charge in [0.1, 0.15) is 17.4 Å². The summed E-state index contributed by atoms with van der Waals surface area (Å²) in [5.74, 6) is -6.27. The summed E-state index contributed by atoms with van der Waals surface area (Å²) >= 11 is 0. The Balaban J connectivity index is 1.87. The van der Waals surface area contributed by atoms with Gasteiger partial charge in [0, 0.05) is 25.2 Å². The lowest BCUT2D eigenvalue weighted by molar-refractivity contribution is -0.145. The van der Waals surface area contributed by atoms with Gasteiger partial charge in [-0.15, -0.1) is 0 Å². The molecule has 2 rings (SSSR count). The number of nitrogens with zero attached hydrogens (tertiary/aromatic N) is 2. The van der Waals surface area contributed by atoms with E-state index < -0.39 is 65.9 Å². The molecule has 0 aliphatic heterocycles. The van der Waals surface area contributed by atoms with E-state index in [4.69, 9.17) is 15.9 Å². The second kappa shape index (κ2) is 17.4. The number of amides is 4. The van der Waals surface area contributed by atoms with Gasteiger partial charge < -0.3 is 52.5 Å². The predicted molar refractivity (Wildman–Crippen MR) is 160 cm³/mol. The van der Waals surface area contributed by atoms with Crippen molar-refractivity contribution in [3.63, 3.8) is 0 Å². The lowest BCUT2D eigenvalue weighted by Crippen LogP contribution is -2.46. The normalized spacial score (nSPS) is 13.6. The zero-order valence-electron chi connectivity index (χ0n) is 25.8. The van der Waals surface area contributed by atoms with Gasteiger partial charge in [0.15, 0.2) is 17.2 Å². The molecule has 0 aliphatic rings. The van der Waals surface area contributed by atoms with Crippen LogP contribution >= 0.6 is 0 Å². The lowest BCUT2D eigenvalue weighted by Gasteiger charge is -2.19. The van der Waals surface area contributed by atoms with Gasteiger partial charge in [-0.05, 0) is 26.2 Å². The molecular formula is C27H40N10O9. The van der Waals surface area contributed by atoms with Gasteiger partial charge in [-0.2, -0.15) is 0 Å². The Morgan fingerprint density at radius 1 is 0.804 bits per heavy atom. The van der Waals surface area contributed by atoms with Gasteiger partial charge in [0.25, 0.3) is 23.6 Å². The average Bonchev–Trinajstić information content (AvgIpc) is 3.66. The van der Waals surface area contributed by atoms with Crippen LogP contribution in [0.15, 0.2) is 12.7 Å². The van der Waals surface area contributed by atoms with Gasteiger partial charge in [0.2, 0.25) is 0 Å². The minimum absolute atomic E-state index is 0.0906. The SMILES string of the molecule is CC(C)C[C@@H](CN)NC(=O)c1nc[nH]c1C(=O)N[C@@H](C)C(=O)CNC[C@H](C)NC(=O)c1nc[nH]c1C(=O)N[C@@H](CC(=O)O)C(=O)O. The minimum atomic E-state index is -1.73. The molecule has 0 aliphatic carbocycles. The van der Waals surface area contributed by atoms with Crippen molar-refractivity contribution in [3.8, 4) is 0 Å². The molecule has 19 nitrogen and oxygen atoms in total. The Bertz CT molecular complexity index is 1420. The van der Waals surface area contributed by atoms with Gasteiger partial charge in [-0.3, -0.25) is 28.8 Å². The van der Waals surface area contributed by atoms with Crippen LogP contribution in [-0.2, 0) is 14.4 Å². The van der Waals surface area contributed by atoms with E-state index in [0.29, 0.717) is 6.42 Å². The lowest BCUT2D eigenvalue weighted by atomic mass is 10.0. The molecule has 2 aromatic heterocycles. The molecule has 46 heavy (non-hydrogen) atoms. The standard InChI is InChI=1S/C27H40N10O9/c1-12(2)5-15(7-28)36-25(43)21-20(31-11-32-21)24(42)35-14(4)17(38)9-29-8-13(3)34-23(41)19-22(33-10-30-19)26(44)37-16(27(45)46)6-18(39)40/h10-16,29H,5-9,28H2,1-4H3,(H,30,33)(H,31,32)(H,34,41)(H,35,42)(H,36,43)(H,37,44)(H,39,40)(H,45,46)/t13-,14-,15-,16-/m0/s1. The van der Waals surface area contributed by atoms with Crippen LogP contribution in [0.2, 0.25) is 0 Å². The zero-order valence-corrected chi connectivity index (χ0v) is 25.8. The summed E-state index contributed by atoms with van der Waals surface area (Å²) in [4.78, 5) is 98.3. The molecule has 4 atom stereocenters. The van der Waals surface area contributed by atoms with Crippen LogP contribution in [-0.4, -0.2) is 115 Å². The number of H-pyrrole nitrogens is 2. The van der Waals surface area contributed by atoms with E-state index in [1.54, 1.807) is 6.92 Å². The number of rotatable bonds is 19. The highest BCUT2D eigenvalue weighted by molar-refractivity contribution is 6.06. The third-order valence-corrected chi connectivity index (χ3v) is 6.48. The molecule has 0 fully saturated rings. The zero-order chi connectivity index (χ0) is 34.6. The fourth-order valence-electron chi connectivity index (χ4n) is 4.18. The summed E-state index contributed by atoms with van der Waals surface area (Å²) in [5.41, 5.74) is 4.75. The highest BCUT2D eigenvalue weighted by Gasteiger charge is 2.28. The number of ketones is 1. The van der Waals surface area contributed by atoms with Gasteiger partial charge in [0.05, 0.1) is 31.7 Å². The van der Waals surface area contributed by atoms with Crippen molar-refractivity contribution >= 4 is 41.4 Å². The van der Waals surface area contributed by atoms with Crippen LogP contribution < -0.4 is 32.3 Å². The summed E-state index contributed by atoms with van der Waals surface area (Å²) < 4.78 is 0. The number of hydrogen-bond donors (Lipinski definition) is 10. The van der Waals surface area contributed by atoms with Crippen LogP contribution in [0.25, 0.3) is 0 Å². The van der Waals surface area contributed by atoms with Crippen LogP contribution in [0.1, 0.15) is 82.5 Å². The van der Waals surface area contributed by atoms with E-state index in [1.807, 2.05) is 19.2 Å². The minimum Gasteiger partial charge on any atom is -0.481 e. The van der Waals surface area contributed by atoms with Crippen molar-refractivity contribution in [1.29, 1.82) is 0 Å². The quantitative estimate of drug-likeness (QED) is 0.0788. The van der Waals surface area contributed by atoms with Crippen molar-refractivity contribution < 1.29 is 43.8 Å². The number of carbonyl (C=O) groups excluding carboxylic acids is 5. The number of nitrogens with one attached hydrogen (secondary N) is 7. The van der Waals surface area contributed by atoms with Crippen LogP contribution in [0, 0.1) is 5.92 Å². The molecule has 0 unspecified atom stereocenters. The molecule has 2 aromatic rings. The number of imidazole rings is 2. The summed E-state index contributed by atoms with van der Waals surface area (Å²) in [6, 6.07) is -3.58. The van der Waals surface area contributed by atoms with E-state index >= 15 is 0 Å². The highest BCUT2D eigenvalue weighted by atomic mass is 16.4. The van der Waals surface area contributed by atoms with Crippen LogP contribution in [0.5, 0.6) is 0 Å². The second-order valence-corrected chi connectivity index (χ2v) is 10.9. The van der Waals surface area contributed by atoms with Gasteiger partial charge >= 0.3 is 11.9 Å². The summed E-state index contributed by atoms with van der Waals surface area (Å²) in [7, 11) is 0. The van der Waals surface area contributed by atoms with Crippen LogP contribution in [0.4, 0.5) is 0 Å². The monoisotopic (exact) mass is 648 g/mol. The first-order valence-corrected chi connectivity index (χ1v) is 14.3. The number of carboxylic acids is 2. The number of nitrogens with two attached hydrogens (primary N) is 1. The van der Waals surface area contributed by atoms with Crippen molar-refractivity contribution in [3.05, 3.63) is 35.4 Å². The Labute approximate surface area is 263 Å². The van der Waals surface area contributed by atoms with Gasteiger partial charge in [-0.1, -0.05) is 13.8 Å². The van der Waals surface area contributed by atoms with Crippen molar-refractivity contribution in [1.82, 2.24) is 46.5 Å². The Morgan fingerprint density at radius 2 is 1.35 bits per heavy atom. The molecule has 11 N–H and O–H groups in total. The van der Waals surface area contributed by atoms with Crippen molar-refractivity contribution in [2.75, 3.05) is 19.6 Å². The molecule has 2 heterocycles. The maximum atomic E-state index is 12.8. The maximum Gasteiger partial charge on any atom is 0.326 e. The first kappa shape index (κ1) is 37.0. The summed E-state index contributed by atoms with van der Waals surface area (Å²) in [5, 5.41) is 30.7. The third kappa shape index (κ3) is 11.1. The van der Waals surface area contributed by atoms with E-state index in [0.717, 1.165) is 6.33 Å². The first-order chi connectivity index (χ1) is 21.6. The van der Waals surface area contributed by atoms with E-state index in [1.165, 1.54) is 13.3 Å². The van der Waals surface area contributed by atoms with Gasteiger partial charge in [-0.25, -0.2) is 14.8 Å². The fraction of sp³-hybridized carbons (Fsp3) is 0.519. The number of hydrogen-bond acceptors (Lipinski definition) is 11. The Hall–Kier alpha value is -5.17. The maximum absolute atomic E-state index is 12.8. The average molecular weight is 649 g/mol. The molecule has 0 spiro atoms. The van der Waals surface area contributed by atoms with Crippen molar-refractivity contribution in [2.45, 2.75) is 64.7 Å². The third-order valence-electron chi connectivity index (χ3n) is 6.48. The number of aliphatic carboxylic acids is 2. The molecule has 0 radical (unpaired) electrons. The number of aromatic nitrogens is 4. The molecule has 0 saturated carbocycles. The largest absolute Gasteiger partial charge is 0.481 e. The smallest absolute Gasteiger partial charge is 0.326 e. The predicted octanol–water partition coefficient (Wildman–Crippen LogP) is -2.01. The number of carbonyl (C=O) groups is 7. The number of carboxylic acid groups (broad SMARTS) is 2. The summed E-state index contributed by atoms with van der Waals surface area (Å²) in [6.07, 6.45) is 1.99. The Morgan fingerprint density at radius 3 is 1.85 bits per heavy atom. The number of aromatic amines is 2. The topological polar surface area (TPSA) is 303 Å². The molecule has 4 amide bonds. The molecule has 0 aromatic carbocycles. The summed E-state index contributed by atoms with van der Waals surface area (Å²) in [6.45, 7) is 7.15. The number of Topliss-reactive ketones (excluding diaryl/α,β-unsaturated/α-hetero) is 1. The first-order valence-electron chi connectivity index (χ1n) is 14.3. The second-order valence-electron chi connectivity index (χ2n) is 10.9.